The topological polar surface area (TPSA) is 63.9 Å². The van der Waals surface area contributed by atoms with E-state index in [1.54, 1.807) is 31.4 Å². The molecule has 0 bridgehead atoms. The highest BCUT2D eigenvalue weighted by molar-refractivity contribution is 7.22. The minimum absolute atomic E-state index is 0.0280. The summed E-state index contributed by atoms with van der Waals surface area (Å²) in [6, 6.07) is 8.92. The Morgan fingerprint density at radius 1 is 1.22 bits per heavy atom. The van der Waals surface area contributed by atoms with Crippen LogP contribution in [0.1, 0.15) is 16.2 Å². The number of amides is 1. The number of carbonyl (C=O) groups excluding carboxylic acids is 1. The van der Waals surface area contributed by atoms with Crippen molar-refractivity contribution in [3.8, 4) is 0 Å². The monoisotopic (exact) mass is 385 g/mol. The number of halogens is 2. The summed E-state index contributed by atoms with van der Waals surface area (Å²) in [7, 11) is 1.65. The van der Waals surface area contributed by atoms with Gasteiger partial charge in [0.25, 0.3) is 5.91 Å². The van der Waals surface area contributed by atoms with E-state index in [0.29, 0.717) is 16.1 Å². The van der Waals surface area contributed by atoms with Crippen LogP contribution in [0.2, 0.25) is 0 Å². The third-order valence-electron chi connectivity index (χ3n) is 3.96. The summed E-state index contributed by atoms with van der Waals surface area (Å²) in [6.07, 6.45) is 3.13. The SMILES string of the molecule is Cn1nccc1C(=O)N(Cc1ccccn1)c1nc2c(F)cc(F)cc2s1. The zero-order valence-corrected chi connectivity index (χ0v) is 15.0. The molecule has 9 heteroatoms. The fourth-order valence-corrected chi connectivity index (χ4v) is 3.67. The largest absolute Gasteiger partial charge is 0.278 e. The van der Waals surface area contributed by atoms with E-state index < -0.39 is 11.6 Å². The van der Waals surface area contributed by atoms with Crippen molar-refractivity contribution in [2.75, 3.05) is 4.90 Å². The highest BCUT2D eigenvalue weighted by atomic mass is 32.1. The third kappa shape index (κ3) is 3.28. The van der Waals surface area contributed by atoms with Crippen molar-refractivity contribution in [1.82, 2.24) is 19.7 Å². The van der Waals surface area contributed by atoms with E-state index >= 15 is 0 Å². The van der Waals surface area contributed by atoms with Crippen molar-refractivity contribution >= 4 is 32.6 Å². The average molecular weight is 385 g/mol. The van der Waals surface area contributed by atoms with Gasteiger partial charge in [0, 0.05) is 25.5 Å². The Hall–Kier alpha value is -3.20. The van der Waals surface area contributed by atoms with E-state index in [-0.39, 0.29) is 23.1 Å². The van der Waals surface area contributed by atoms with Crippen LogP contribution >= 0.6 is 11.3 Å². The molecule has 1 amide bonds. The third-order valence-corrected chi connectivity index (χ3v) is 4.99. The number of pyridine rings is 1. The summed E-state index contributed by atoms with van der Waals surface area (Å²) in [5.74, 6) is -1.82. The smallest absolute Gasteiger partial charge is 0.277 e. The zero-order valence-electron chi connectivity index (χ0n) is 14.1. The standard InChI is InChI=1S/C18H13F2N5OS/c1-24-14(5-7-22-24)17(26)25(10-12-4-2-3-6-21-12)18-23-16-13(20)8-11(19)9-15(16)27-18/h2-9H,10H2,1H3. The normalized spacial score (nSPS) is 11.1. The molecule has 0 atom stereocenters. The first-order valence-corrected chi connectivity index (χ1v) is 8.80. The van der Waals surface area contributed by atoms with Crippen LogP contribution in [0.5, 0.6) is 0 Å². The first-order valence-electron chi connectivity index (χ1n) is 7.98. The fraction of sp³-hybridized carbons (Fsp3) is 0.111. The van der Waals surface area contributed by atoms with Crippen LogP contribution < -0.4 is 4.90 Å². The second-order valence-corrected chi connectivity index (χ2v) is 6.79. The van der Waals surface area contributed by atoms with E-state index in [1.807, 2.05) is 6.07 Å². The molecule has 136 valence electrons. The molecule has 4 rings (SSSR count). The van der Waals surface area contributed by atoms with Gasteiger partial charge in [0.2, 0.25) is 0 Å². The number of hydrogen-bond donors (Lipinski definition) is 0. The minimum Gasteiger partial charge on any atom is -0.277 e. The summed E-state index contributed by atoms with van der Waals surface area (Å²) in [5.41, 5.74) is 1.01. The van der Waals surface area contributed by atoms with Crippen LogP contribution in [0.4, 0.5) is 13.9 Å². The lowest BCUT2D eigenvalue weighted by Gasteiger charge is -2.19. The van der Waals surface area contributed by atoms with Gasteiger partial charge in [-0.3, -0.25) is 19.4 Å². The first kappa shape index (κ1) is 17.2. The van der Waals surface area contributed by atoms with E-state index in [2.05, 4.69) is 15.1 Å². The van der Waals surface area contributed by atoms with Gasteiger partial charge in [-0.05, 0) is 24.3 Å². The van der Waals surface area contributed by atoms with E-state index in [4.69, 9.17) is 0 Å². The van der Waals surface area contributed by atoms with Crippen LogP contribution in [0, 0.1) is 11.6 Å². The molecule has 0 saturated heterocycles. The van der Waals surface area contributed by atoms with Gasteiger partial charge in [0.15, 0.2) is 10.9 Å². The number of benzene rings is 1. The van der Waals surface area contributed by atoms with E-state index in [1.165, 1.54) is 21.8 Å². The zero-order chi connectivity index (χ0) is 19.0. The number of aryl methyl sites for hydroxylation is 1. The molecule has 0 fully saturated rings. The van der Waals surface area contributed by atoms with Gasteiger partial charge >= 0.3 is 0 Å². The molecule has 0 aliphatic heterocycles. The second-order valence-electron chi connectivity index (χ2n) is 5.78. The number of aromatic nitrogens is 4. The Morgan fingerprint density at radius 2 is 2.07 bits per heavy atom. The molecule has 0 saturated carbocycles. The van der Waals surface area contributed by atoms with E-state index in [0.717, 1.165) is 17.4 Å². The minimum atomic E-state index is -0.765. The second kappa shape index (κ2) is 6.84. The van der Waals surface area contributed by atoms with Crippen LogP contribution in [0.15, 0.2) is 48.8 Å². The molecule has 0 unspecified atom stereocenters. The van der Waals surface area contributed by atoms with Gasteiger partial charge in [-0.25, -0.2) is 13.8 Å². The van der Waals surface area contributed by atoms with Crippen molar-refractivity contribution in [2.45, 2.75) is 6.54 Å². The van der Waals surface area contributed by atoms with Crippen LogP contribution in [-0.2, 0) is 13.6 Å². The molecule has 3 heterocycles. The predicted octanol–water partition coefficient (Wildman–Crippen LogP) is 3.55. The highest BCUT2D eigenvalue weighted by Gasteiger charge is 2.25. The summed E-state index contributed by atoms with van der Waals surface area (Å²) < 4.78 is 29.4. The number of anilines is 1. The molecular weight excluding hydrogens is 372 g/mol. The van der Waals surface area contributed by atoms with Crippen LogP contribution in [-0.4, -0.2) is 25.7 Å². The Kier molecular flexibility index (Phi) is 4.36. The molecule has 4 aromatic rings. The maximum Gasteiger partial charge on any atom is 0.278 e. The fourth-order valence-electron chi connectivity index (χ4n) is 2.66. The number of thiazole rings is 1. The Morgan fingerprint density at radius 3 is 2.78 bits per heavy atom. The summed E-state index contributed by atoms with van der Waals surface area (Å²) >= 11 is 1.04. The molecule has 0 N–H and O–H groups in total. The highest BCUT2D eigenvalue weighted by Crippen LogP contribution is 2.32. The van der Waals surface area contributed by atoms with Crippen LogP contribution in [0.25, 0.3) is 10.2 Å². The van der Waals surface area contributed by atoms with Gasteiger partial charge in [0.1, 0.15) is 17.0 Å². The molecule has 6 nitrogen and oxygen atoms in total. The molecular formula is C18H13F2N5OS. The lowest BCUT2D eigenvalue weighted by molar-refractivity contribution is 0.0975. The van der Waals surface area contributed by atoms with Crippen molar-refractivity contribution in [3.05, 3.63) is 71.8 Å². The van der Waals surface area contributed by atoms with Gasteiger partial charge in [-0.15, -0.1) is 0 Å². The predicted molar refractivity (Wildman–Crippen MR) is 97.5 cm³/mol. The number of fused-ring (bicyclic) bond motifs is 1. The molecule has 0 radical (unpaired) electrons. The number of hydrogen-bond acceptors (Lipinski definition) is 5. The van der Waals surface area contributed by atoms with Crippen LogP contribution in [0.3, 0.4) is 0 Å². The molecule has 0 spiro atoms. The first-order chi connectivity index (χ1) is 13.0. The van der Waals surface area contributed by atoms with Crippen molar-refractivity contribution < 1.29 is 13.6 Å². The van der Waals surface area contributed by atoms with Crippen molar-refractivity contribution in [1.29, 1.82) is 0 Å². The quantitative estimate of drug-likeness (QED) is 0.539. The van der Waals surface area contributed by atoms with Gasteiger partial charge in [0.05, 0.1) is 16.9 Å². The Labute approximate surface area is 156 Å². The average Bonchev–Trinajstić information content (AvgIpc) is 3.26. The molecule has 3 aromatic heterocycles. The Balaban J connectivity index is 1.81. The summed E-state index contributed by atoms with van der Waals surface area (Å²) in [5, 5.41) is 4.27. The van der Waals surface area contributed by atoms with Gasteiger partial charge in [-0.1, -0.05) is 17.4 Å². The van der Waals surface area contributed by atoms with E-state index in [9.17, 15) is 13.6 Å². The lowest BCUT2D eigenvalue weighted by Crippen LogP contribution is -2.32. The molecule has 0 aliphatic carbocycles. The van der Waals surface area contributed by atoms with Gasteiger partial charge in [-0.2, -0.15) is 5.10 Å². The molecule has 0 aliphatic rings. The summed E-state index contributed by atoms with van der Waals surface area (Å²) in [6.45, 7) is 0.134. The van der Waals surface area contributed by atoms with Gasteiger partial charge < -0.3 is 0 Å². The maximum atomic E-state index is 14.1. The molecule has 1 aromatic carbocycles. The Bertz CT molecular complexity index is 1130. The lowest BCUT2D eigenvalue weighted by atomic mass is 10.3. The number of nitrogens with zero attached hydrogens (tertiary/aromatic N) is 5. The summed E-state index contributed by atoms with van der Waals surface area (Å²) in [4.78, 5) is 23.0. The van der Waals surface area contributed by atoms with Crippen molar-refractivity contribution in [3.63, 3.8) is 0 Å². The maximum absolute atomic E-state index is 14.1. The number of carbonyl (C=O) groups is 1. The number of rotatable bonds is 4. The molecule has 27 heavy (non-hydrogen) atoms. The van der Waals surface area contributed by atoms with Crippen molar-refractivity contribution in [2.24, 2.45) is 7.05 Å².